The second-order valence-electron chi connectivity index (χ2n) is 7.57. The van der Waals surface area contributed by atoms with Crippen molar-refractivity contribution in [1.29, 1.82) is 0 Å². The molecule has 0 spiro atoms. The molecule has 28 heavy (non-hydrogen) atoms. The Hall–Kier alpha value is -2.62. The van der Waals surface area contributed by atoms with Crippen LogP contribution in [0.4, 0.5) is 0 Å². The third-order valence-corrected chi connectivity index (χ3v) is 5.32. The van der Waals surface area contributed by atoms with Crippen molar-refractivity contribution in [2.75, 3.05) is 19.7 Å². The molecule has 1 aliphatic rings. The minimum atomic E-state index is -0.301. The highest BCUT2D eigenvalue weighted by molar-refractivity contribution is 5.31. The van der Waals surface area contributed by atoms with Crippen molar-refractivity contribution in [2.45, 2.75) is 25.7 Å². The van der Waals surface area contributed by atoms with Crippen LogP contribution in [0, 0.1) is 0 Å². The number of morpholine rings is 1. The van der Waals surface area contributed by atoms with E-state index in [4.69, 9.17) is 9.47 Å². The van der Waals surface area contributed by atoms with Crippen molar-refractivity contribution in [3.63, 3.8) is 0 Å². The molecule has 0 N–H and O–H groups in total. The standard InChI is InChI=1S/C25H27NO2/c1-25(20-26(16-17-28-25)18-21-8-4-2-5-9-21)23-12-14-24(15-13-23)27-19-22-10-6-3-7-11-22/h2-15H,16-20H2,1H3. The summed E-state index contributed by atoms with van der Waals surface area (Å²) in [7, 11) is 0. The van der Waals surface area contributed by atoms with E-state index in [2.05, 4.69) is 66.4 Å². The third-order valence-electron chi connectivity index (χ3n) is 5.32. The lowest BCUT2D eigenvalue weighted by atomic mass is 9.93. The fourth-order valence-electron chi connectivity index (χ4n) is 3.75. The van der Waals surface area contributed by atoms with Crippen LogP contribution in [0.1, 0.15) is 23.6 Å². The molecule has 0 amide bonds. The molecular formula is C25H27NO2. The molecule has 3 aromatic carbocycles. The van der Waals surface area contributed by atoms with E-state index in [1.807, 2.05) is 30.3 Å². The highest BCUT2D eigenvalue weighted by Gasteiger charge is 2.33. The second kappa shape index (κ2) is 8.59. The van der Waals surface area contributed by atoms with Crippen LogP contribution in [0.5, 0.6) is 5.75 Å². The van der Waals surface area contributed by atoms with Gasteiger partial charge in [0.2, 0.25) is 0 Å². The molecule has 0 saturated carbocycles. The topological polar surface area (TPSA) is 21.7 Å². The predicted octanol–water partition coefficient (Wildman–Crippen LogP) is 5.01. The molecule has 0 radical (unpaired) electrons. The van der Waals surface area contributed by atoms with Gasteiger partial charge in [0.1, 0.15) is 18.0 Å². The number of nitrogens with zero attached hydrogens (tertiary/aromatic N) is 1. The first kappa shape index (κ1) is 18.7. The Labute approximate surface area is 167 Å². The van der Waals surface area contributed by atoms with E-state index in [1.165, 1.54) is 16.7 Å². The molecule has 1 fully saturated rings. The van der Waals surface area contributed by atoms with Gasteiger partial charge in [-0.1, -0.05) is 72.8 Å². The number of ether oxygens (including phenoxy) is 2. The Balaban J connectivity index is 1.39. The van der Waals surface area contributed by atoms with Crippen molar-refractivity contribution < 1.29 is 9.47 Å². The van der Waals surface area contributed by atoms with Crippen LogP contribution in [0.25, 0.3) is 0 Å². The zero-order chi connectivity index (χ0) is 19.2. The molecule has 3 nitrogen and oxygen atoms in total. The van der Waals surface area contributed by atoms with Crippen molar-refractivity contribution >= 4 is 0 Å². The molecule has 1 saturated heterocycles. The van der Waals surface area contributed by atoms with Gasteiger partial charge >= 0.3 is 0 Å². The summed E-state index contributed by atoms with van der Waals surface area (Å²) in [6, 6.07) is 29.2. The Kier molecular flexibility index (Phi) is 5.75. The maximum Gasteiger partial charge on any atom is 0.119 e. The minimum absolute atomic E-state index is 0.301. The van der Waals surface area contributed by atoms with E-state index in [9.17, 15) is 0 Å². The Morgan fingerprint density at radius 1 is 0.857 bits per heavy atom. The lowest BCUT2D eigenvalue weighted by Crippen LogP contribution is -2.47. The average molecular weight is 373 g/mol. The largest absolute Gasteiger partial charge is 0.489 e. The molecule has 1 atom stereocenters. The highest BCUT2D eigenvalue weighted by Crippen LogP contribution is 2.31. The van der Waals surface area contributed by atoms with Gasteiger partial charge in [0.05, 0.1) is 6.61 Å². The first-order valence-corrected chi connectivity index (χ1v) is 9.89. The lowest BCUT2D eigenvalue weighted by Gasteiger charge is -2.41. The molecule has 1 aliphatic heterocycles. The normalized spacial score (nSPS) is 20.0. The Morgan fingerprint density at radius 2 is 1.50 bits per heavy atom. The van der Waals surface area contributed by atoms with Crippen molar-refractivity contribution in [1.82, 2.24) is 4.90 Å². The van der Waals surface area contributed by atoms with Crippen LogP contribution in [0.2, 0.25) is 0 Å². The Morgan fingerprint density at radius 3 is 2.18 bits per heavy atom. The van der Waals surface area contributed by atoms with Gasteiger partial charge in [-0.2, -0.15) is 0 Å². The van der Waals surface area contributed by atoms with Gasteiger partial charge in [0.15, 0.2) is 0 Å². The number of rotatable bonds is 6. The number of benzene rings is 3. The van der Waals surface area contributed by atoms with E-state index >= 15 is 0 Å². The van der Waals surface area contributed by atoms with E-state index in [0.29, 0.717) is 6.61 Å². The molecule has 3 aromatic rings. The monoisotopic (exact) mass is 373 g/mol. The lowest BCUT2D eigenvalue weighted by molar-refractivity contribution is -0.105. The smallest absolute Gasteiger partial charge is 0.119 e. The van der Waals surface area contributed by atoms with E-state index in [0.717, 1.165) is 32.0 Å². The van der Waals surface area contributed by atoms with Crippen LogP contribution < -0.4 is 4.74 Å². The third kappa shape index (κ3) is 4.61. The van der Waals surface area contributed by atoms with Gasteiger partial charge in [-0.3, -0.25) is 4.90 Å². The summed E-state index contributed by atoms with van der Waals surface area (Å²) in [5.74, 6) is 0.883. The summed E-state index contributed by atoms with van der Waals surface area (Å²) >= 11 is 0. The summed E-state index contributed by atoms with van der Waals surface area (Å²) in [5.41, 5.74) is 3.41. The molecule has 0 bridgehead atoms. The van der Waals surface area contributed by atoms with E-state index in [1.54, 1.807) is 0 Å². The summed E-state index contributed by atoms with van der Waals surface area (Å²) in [6.07, 6.45) is 0. The zero-order valence-corrected chi connectivity index (χ0v) is 16.4. The number of hydrogen-bond acceptors (Lipinski definition) is 3. The van der Waals surface area contributed by atoms with Gasteiger partial charge in [0.25, 0.3) is 0 Å². The van der Waals surface area contributed by atoms with Crippen molar-refractivity contribution in [3.8, 4) is 5.75 Å². The summed E-state index contributed by atoms with van der Waals surface area (Å²) in [5, 5.41) is 0. The van der Waals surface area contributed by atoms with Gasteiger partial charge in [0, 0.05) is 19.6 Å². The summed E-state index contributed by atoms with van der Waals surface area (Å²) in [4.78, 5) is 2.47. The maximum atomic E-state index is 6.21. The molecule has 1 heterocycles. The minimum Gasteiger partial charge on any atom is -0.489 e. The van der Waals surface area contributed by atoms with E-state index in [-0.39, 0.29) is 5.60 Å². The molecular weight excluding hydrogens is 346 g/mol. The quantitative estimate of drug-likeness (QED) is 0.606. The van der Waals surface area contributed by atoms with Crippen LogP contribution in [0.3, 0.4) is 0 Å². The maximum absolute atomic E-state index is 6.21. The van der Waals surface area contributed by atoms with Crippen LogP contribution in [-0.4, -0.2) is 24.6 Å². The predicted molar refractivity (Wildman–Crippen MR) is 112 cm³/mol. The summed E-state index contributed by atoms with van der Waals surface area (Å²) in [6.45, 7) is 6.31. The van der Waals surface area contributed by atoms with Crippen LogP contribution in [0.15, 0.2) is 84.9 Å². The van der Waals surface area contributed by atoms with E-state index < -0.39 is 0 Å². The fourth-order valence-corrected chi connectivity index (χ4v) is 3.75. The van der Waals surface area contributed by atoms with Gasteiger partial charge < -0.3 is 9.47 Å². The highest BCUT2D eigenvalue weighted by atomic mass is 16.5. The van der Waals surface area contributed by atoms with Crippen molar-refractivity contribution in [2.24, 2.45) is 0 Å². The van der Waals surface area contributed by atoms with Gasteiger partial charge in [-0.25, -0.2) is 0 Å². The molecule has 144 valence electrons. The zero-order valence-electron chi connectivity index (χ0n) is 16.4. The Bertz CT molecular complexity index is 864. The van der Waals surface area contributed by atoms with Crippen LogP contribution in [-0.2, 0) is 23.5 Å². The number of hydrogen-bond donors (Lipinski definition) is 0. The second-order valence-corrected chi connectivity index (χ2v) is 7.57. The molecule has 0 aromatic heterocycles. The van der Waals surface area contributed by atoms with Crippen LogP contribution >= 0.6 is 0 Å². The average Bonchev–Trinajstić information content (AvgIpc) is 2.74. The molecule has 4 rings (SSSR count). The first-order chi connectivity index (χ1) is 13.7. The molecule has 0 aliphatic carbocycles. The van der Waals surface area contributed by atoms with Gasteiger partial charge in [-0.05, 0) is 35.7 Å². The van der Waals surface area contributed by atoms with Crippen molar-refractivity contribution in [3.05, 3.63) is 102 Å². The molecule has 1 unspecified atom stereocenters. The summed E-state index contributed by atoms with van der Waals surface area (Å²) < 4.78 is 12.1. The SMILES string of the molecule is CC1(c2ccc(OCc3ccccc3)cc2)CN(Cc2ccccc2)CCO1. The van der Waals surface area contributed by atoms with Gasteiger partial charge in [-0.15, -0.1) is 0 Å². The first-order valence-electron chi connectivity index (χ1n) is 9.89. The fraction of sp³-hybridized carbons (Fsp3) is 0.280. The molecule has 3 heteroatoms.